The van der Waals surface area contributed by atoms with Gasteiger partial charge in [-0.15, -0.1) is 0 Å². The molecule has 1 rings (SSSR count). The lowest BCUT2D eigenvalue weighted by Gasteiger charge is -2.15. The number of ether oxygens (including phenoxy) is 1. The monoisotopic (exact) mass is 101 g/mol. The van der Waals surface area contributed by atoms with Gasteiger partial charge in [-0.05, 0) is 0 Å². The maximum Gasteiger partial charge on any atom is 0.191 e. The fourth-order valence-corrected chi connectivity index (χ4v) is 0.360. The standard InChI is InChI=1S/C3H7N3O/c4-3-5-1-7-2-6-3/h1-2H2,(H3,4,5,6). The summed E-state index contributed by atoms with van der Waals surface area (Å²) in [7, 11) is 0. The molecular formula is C3H7N3O. The second kappa shape index (κ2) is 1.79. The van der Waals surface area contributed by atoms with Crippen molar-refractivity contribution in [1.82, 2.24) is 10.6 Å². The first-order valence-electron chi connectivity index (χ1n) is 2.03. The van der Waals surface area contributed by atoms with Gasteiger partial charge in [-0.25, -0.2) is 0 Å². The zero-order valence-corrected chi connectivity index (χ0v) is 3.82. The molecule has 0 atom stereocenters. The zero-order chi connectivity index (χ0) is 5.11. The van der Waals surface area contributed by atoms with Crippen LogP contribution in [0, 0.1) is 5.41 Å². The van der Waals surface area contributed by atoms with Gasteiger partial charge in [0.15, 0.2) is 5.96 Å². The minimum absolute atomic E-state index is 0.339. The summed E-state index contributed by atoms with van der Waals surface area (Å²) in [6.07, 6.45) is 0. The van der Waals surface area contributed by atoms with E-state index in [0.29, 0.717) is 19.4 Å². The molecule has 1 fully saturated rings. The van der Waals surface area contributed by atoms with Gasteiger partial charge < -0.3 is 15.4 Å². The lowest BCUT2D eigenvalue weighted by Crippen LogP contribution is -2.44. The van der Waals surface area contributed by atoms with Crippen molar-refractivity contribution in [1.29, 1.82) is 5.41 Å². The van der Waals surface area contributed by atoms with Gasteiger partial charge in [0.2, 0.25) is 0 Å². The minimum Gasteiger partial charge on any atom is -0.341 e. The summed E-state index contributed by atoms with van der Waals surface area (Å²) in [6.45, 7) is 0.900. The molecule has 1 saturated heterocycles. The Morgan fingerprint density at radius 2 is 2.00 bits per heavy atom. The quantitative estimate of drug-likeness (QED) is 0.368. The molecule has 4 heteroatoms. The molecule has 0 aromatic rings. The molecule has 0 aromatic carbocycles. The molecule has 1 heterocycles. The van der Waals surface area contributed by atoms with Gasteiger partial charge >= 0.3 is 0 Å². The van der Waals surface area contributed by atoms with E-state index < -0.39 is 0 Å². The third-order valence-electron chi connectivity index (χ3n) is 0.702. The Balaban J connectivity index is 2.25. The van der Waals surface area contributed by atoms with Crippen molar-refractivity contribution in [3.8, 4) is 0 Å². The van der Waals surface area contributed by atoms with Crippen LogP contribution in [0.5, 0.6) is 0 Å². The molecule has 4 nitrogen and oxygen atoms in total. The highest BCUT2D eigenvalue weighted by Crippen LogP contribution is 1.72. The Morgan fingerprint density at radius 3 is 2.29 bits per heavy atom. The van der Waals surface area contributed by atoms with E-state index >= 15 is 0 Å². The molecule has 0 saturated carbocycles. The van der Waals surface area contributed by atoms with Crippen molar-refractivity contribution in [2.45, 2.75) is 0 Å². The first kappa shape index (κ1) is 4.39. The highest BCUT2D eigenvalue weighted by Gasteiger charge is 1.97. The number of hydrogen-bond acceptors (Lipinski definition) is 2. The van der Waals surface area contributed by atoms with E-state index in [0.717, 1.165) is 0 Å². The molecule has 0 aromatic heterocycles. The molecule has 0 unspecified atom stereocenters. The summed E-state index contributed by atoms with van der Waals surface area (Å²) < 4.78 is 4.78. The first-order chi connectivity index (χ1) is 3.39. The SMILES string of the molecule is N=C1NCOCN1. The van der Waals surface area contributed by atoms with Gasteiger partial charge in [-0.3, -0.25) is 5.41 Å². The molecule has 7 heavy (non-hydrogen) atoms. The van der Waals surface area contributed by atoms with Crippen molar-refractivity contribution < 1.29 is 4.74 Å². The van der Waals surface area contributed by atoms with E-state index in [1.165, 1.54) is 0 Å². The molecule has 40 valence electrons. The molecule has 0 radical (unpaired) electrons. The molecule has 0 spiro atoms. The summed E-state index contributed by atoms with van der Waals surface area (Å²) in [4.78, 5) is 0. The molecule has 3 N–H and O–H groups in total. The van der Waals surface area contributed by atoms with E-state index in [1.54, 1.807) is 0 Å². The summed E-state index contributed by atoms with van der Waals surface area (Å²) >= 11 is 0. The van der Waals surface area contributed by atoms with Crippen LogP contribution >= 0.6 is 0 Å². The Morgan fingerprint density at radius 1 is 1.43 bits per heavy atom. The smallest absolute Gasteiger partial charge is 0.191 e. The number of rotatable bonds is 0. The highest BCUT2D eigenvalue weighted by atomic mass is 16.5. The van der Waals surface area contributed by atoms with Crippen molar-refractivity contribution in [3.05, 3.63) is 0 Å². The summed E-state index contributed by atoms with van der Waals surface area (Å²) in [6, 6.07) is 0. The van der Waals surface area contributed by atoms with Crippen LogP contribution in [0.25, 0.3) is 0 Å². The third kappa shape index (κ3) is 1.04. The average molecular weight is 101 g/mol. The van der Waals surface area contributed by atoms with Gasteiger partial charge in [0.25, 0.3) is 0 Å². The third-order valence-corrected chi connectivity index (χ3v) is 0.702. The Bertz CT molecular complexity index is 74.2. The molecule has 0 amide bonds. The van der Waals surface area contributed by atoms with Gasteiger partial charge in [0.05, 0.1) is 0 Å². The minimum atomic E-state index is 0.339. The van der Waals surface area contributed by atoms with Crippen LogP contribution in [0.1, 0.15) is 0 Å². The fourth-order valence-electron chi connectivity index (χ4n) is 0.360. The predicted octanol–water partition coefficient (Wildman–Crippen LogP) is -0.954. The Kier molecular flexibility index (Phi) is 1.12. The second-order valence-electron chi connectivity index (χ2n) is 1.22. The van der Waals surface area contributed by atoms with E-state index in [4.69, 9.17) is 10.1 Å². The lowest BCUT2D eigenvalue weighted by atomic mass is 10.8. The summed E-state index contributed by atoms with van der Waals surface area (Å²) in [5.74, 6) is 0.339. The molecule has 0 bridgehead atoms. The molecular weight excluding hydrogens is 94.1 g/mol. The predicted molar refractivity (Wildman–Crippen MR) is 24.8 cm³/mol. The van der Waals surface area contributed by atoms with Crippen LogP contribution in [0.4, 0.5) is 0 Å². The first-order valence-corrected chi connectivity index (χ1v) is 2.03. The maximum atomic E-state index is 6.89. The Hall–Kier alpha value is -0.770. The maximum absolute atomic E-state index is 6.89. The van der Waals surface area contributed by atoms with Crippen LogP contribution in [-0.2, 0) is 4.74 Å². The summed E-state index contributed by atoms with van der Waals surface area (Å²) in [5, 5.41) is 12.2. The average Bonchev–Trinajstić information content (AvgIpc) is 1.69. The highest BCUT2D eigenvalue weighted by molar-refractivity contribution is 5.76. The second-order valence-corrected chi connectivity index (χ2v) is 1.22. The van der Waals surface area contributed by atoms with Crippen LogP contribution in [0.2, 0.25) is 0 Å². The van der Waals surface area contributed by atoms with Crippen molar-refractivity contribution in [2.75, 3.05) is 13.5 Å². The van der Waals surface area contributed by atoms with Crippen LogP contribution in [0.3, 0.4) is 0 Å². The van der Waals surface area contributed by atoms with E-state index in [-0.39, 0.29) is 0 Å². The van der Waals surface area contributed by atoms with Crippen LogP contribution < -0.4 is 10.6 Å². The van der Waals surface area contributed by atoms with E-state index in [1.807, 2.05) is 0 Å². The normalized spacial score (nSPS) is 20.3. The van der Waals surface area contributed by atoms with Crippen molar-refractivity contribution >= 4 is 5.96 Å². The van der Waals surface area contributed by atoms with Gasteiger partial charge in [-0.2, -0.15) is 0 Å². The van der Waals surface area contributed by atoms with Crippen LogP contribution in [0.15, 0.2) is 0 Å². The molecule has 1 aliphatic rings. The van der Waals surface area contributed by atoms with E-state index in [2.05, 4.69) is 10.6 Å². The number of hydrogen-bond donors (Lipinski definition) is 3. The van der Waals surface area contributed by atoms with E-state index in [9.17, 15) is 0 Å². The van der Waals surface area contributed by atoms with Crippen LogP contribution in [-0.4, -0.2) is 19.4 Å². The lowest BCUT2D eigenvalue weighted by molar-refractivity contribution is 0.104. The van der Waals surface area contributed by atoms with Gasteiger partial charge in [-0.1, -0.05) is 0 Å². The Labute approximate surface area is 41.4 Å². The zero-order valence-electron chi connectivity index (χ0n) is 3.82. The van der Waals surface area contributed by atoms with Gasteiger partial charge in [0, 0.05) is 0 Å². The molecule has 0 aliphatic carbocycles. The fraction of sp³-hybridized carbons (Fsp3) is 0.667. The number of guanidine groups is 1. The summed E-state index contributed by atoms with van der Waals surface area (Å²) in [5.41, 5.74) is 0. The number of nitrogens with one attached hydrogen (secondary N) is 3. The van der Waals surface area contributed by atoms with Gasteiger partial charge in [0.1, 0.15) is 13.5 Å². The van der Waals surface area contributed by atoms with Crippen molar-refractivity contribution in [3.63, 3.8) is 0 Å². The molecule has 1 aliphatic heterocycles. The van der Waals surface area contributed by atoms with Crippen molar-refractivity contribution in [2.24, 2.45) is 0 Å². The largest absolute Gasteiger partial charge is 0.341 e. The topological polar surface area (TPSA) is 57.1 Å².